The van der Waals surface area contributed by atoms with Crippen LogP contribution in [0.5, 0.6) is 5.75 Å². The van der Waals surface area contributed by atoms with Crippen molar-refractivity contribution < 1.29 is 14.2 Å². The largest absolute Gasteiger partial charge is 0.617 e. The van der Waals surface area contributed by atoms with Crippen LogP contribution in [-0.4, -0.2) is 7.11 Å². The van der Waals surface area contributed by atoms with Gasteiger partial charge in [-0.05, 0) is 31.0 Å². The summed E-state index contributed by atoms with van der Waals surface area (Å²) in [6, 6.07) is 8.46. The highest BCUT2D eigenvalue weighted by Gasteiger charge is 2.25. The lowest BCUT2D eigenvalue weighted by Crippen LogP contribution is -2.39. The molecule has 0 atom stereocenters. The molecule has 0 amide bonds. The Bertz CT molecular complexity index is 844. The van der Waals surface area contributed by atoms with Crippen LogP contribution in [0, 0.1) is 24.3 Å². The number of aryl methyl sites for hydroxylation is 2. The minimum Gasteiger partial charge on any atom is -0.617 e. The monoisotopic (exact) mass is 270 g/mol. The van der Waals surface area contributed by atoms with Crippen LogP contribution in [0.3, 0.4) is 0 Å². The SMILES string of the molecule is COc1cccc2c1[n+]([O-])c1cc(C)c(C)cc1[n+]2[O-]. The van der Waals surface area contributed by atoms with Crippen LogP contribution >= 0.6 is 0 Å². The second-order valence-electron chi connectivity index (χ2n) is 4.84. The molecule has 5 heteroatoms. The summed E-state index contributed by atoms with van der Waals surface area (Å²) in [7, 11) is 1.48. The average Bonchev–Trinajstić information content (AvgIpc) is 2.46. The minimum atomic E-state index is 0.251. The number of fused-ring (bicyclic) bond motifs is 2. The molecule has 5 nitrogen and oxygen atoms in total. The quantitative estimate of drug-likeness (QED) is 0.385. The lowest BCUT2D eigenvalue weighted by atomic mass is 10.1. The molecule has 0 N–H and O–H groups in total. The van der Waals surface area contributed by atoms with E-state index in [0.29, 0.717) is 22.3 Å². The summed E-state index contributed by atoms with van der Waals surface area (Å²) in [6.45, 7) is 3.83. The second kappa shape index (κ2) is 4.23. The molecule has 0 unspecified atom stereocenters. The number of rotatable bonds is 1. The van der Waals surface area contributed by atoms with Gasteiger partial charge in [-0.3, -0.25) is 0 Å². The summed E-state index contributed by atoms with van der Waals surface area (Å²) >= 11 is 0. The van der Waals surface area contributed by atoms with Crippen molar-refractivity contribution in [3.05, 3.63) is 51.9 Å². The molecule has 3 aromatic rings. The van der Waals surface area contributed by atoms with Crippen LogP contribution in [-0.2, 0) is 0 Å². The van der Waals surface area contributed by atoms with E-state index in [1.165, 1.54) is 7.11 Å². The van der Waals surface area contributed by atoms with Gasteiger partial charge in [0.2, 0.25) is 0 Å². The molecule has 0 radical (unpaired) electrons. The highest BCUT2D eigenvalue weighted by atomic mass is 16.5. The maximum atomic E-state index is 12.6. The van der Waals surface area contributed by atoms with Crippen molar-refractivity contribution >= 4 is 22.1 Å². The number of hydrogen-bond acceptors (Lipinski definition) is 3. The van der Waals surface area contributed by atoms with E-state index in [1.807, 2.05) is 13.8 Å². The summed E-state index contributed by atoms with van der Waals surface area (Å²) in [5.41, 5.74) is 3.21. The normalized spacial score (nSPS) is 11.2. The van der Waals surface area contributed by atoms with Crippen LogP contribution in [0.4, 0.5) is 0 Å². The Morgan fingerprint density at radius 1 is 0.900 bits per heavy atom. The molecular formula is C15H14N2O3. The van der Waals surface area contributed by atoms with Gasteiger partial charge in [0, 0.05) is 18.2 Å². The topological polar surface area (TPSA) is 63.1 Å². The van der Waals surface area contributed by atoms with Gasteiger partial charge in [-0.15, -0.1) is 0 Å². The Morgan fingerprint density at radius 3 is 2.10 bits per heavy atom. The number of aromatic nitrogens is 2. The van der Waals surface area contributed by atoms with Crippen molar-refractivity contribution in [2.24, 2.45) is 0 Å². The van der Waals surface area contributed by atoms with Gasteiger partial charge in [0.15, 0.2) is 5.75 Å². The number of methoxy groups -OCH3 is 1. The van der Waals surface area contributed by atoms with E-state index < -0.39 is 0 Å². The van der Waals surface area contributed by atoms with Crippen molar-refractivity contribution in [3.8, 4) is 5.75 Å². The van der Waals surface area contributed by atoms with Crippen molar-refractivity contribution in [3.63, 3.8) is 0 Å². The number of para-hydroxylation sites is 1. The molecule has 1 heterocycles. The highest BCUT2D eigenvalue weighted by molar-refractivity contribution is 5.81. The first-order chi connectivity index (χ1) is 9.54. The van der Waals surface area contributed by atoms with Crippen molar-refractivity contribution in [2.45, 2.75) is 13.8 Å². The zero-order valence-corrected chi connectivity index (χ0v) is 11.5. The molecule has 0 aliphatic carbocycles. The van der Waals surface area contributed by atoms with Crippen LogP contribution in [0.25, 0.3) is 22.1 Å². The fraction of sp³-hybridized carbons (Fsp3) is 0.200. The van der Waals surface area contributed by atoms with Gasteiger partial charge in [-0.2, -0.15) is 9.46 Å². The molecule has 0 aliphatic heterocycles. The molecule has 20 heavy (non-hydrogen) atoms. The van der Waals surface area contributed by atoms with E-state index in [1.54, 1.807) is 30.3 Å². The molecular weight excluding hydrogens is 256 g/mol. The van der Waals surface area contributed by atoms with Crippen molar-refractivity contribution in [1.82, 2.24) is 0 Å². The molecule has 0 bridgehead atoms. The van der Waals surface area contributed by atoms with Crippen molar-refractivity contribution in [1.29, 1.82) is 0 Å². The Hall–Kier alpha value is -2.56. The first-order valence-corrected chi connectivity index (χ1v) is 6.27. The standard InChI is InChI=1S/C15H14N2O3/c1-9-7-12-13(8-10(9)2)17(19)15-11(16(12)18)5-4-6-14(15)20-3/h4-8H,1-3H3. The zero-order valence-electron chi connectivity index (χ0n) is 11.5. The zero-order chi connectivity index (χ0) is 14.4. The van der Waals surface area contributed by atoms with Crippen LogP contribution < -0.4 is 14.2 Å². The first-order valence-electron chi connectivity index (χ1n) is 6.27. The third-order valence-electron chi connectivity index (χ3n) is 3.65. The van der Waals surface area contributed by atoms with Gasteiger partial charge in [0.25, 0.3) is 16.6 Å². The number of ether oxygens (including phenoxy) is 1. The molecule has 0 spiro atoms. The molecule has 0 aliphatic rings. The fourth-order valence-corrected chi connectivity index (χ4v) is 2.40. The summed E-state index contributed by atoms with van der Waals surface area (Å²) in [5, 5.41) is 25.0. The smallest absolute Gasteiger partial charge is 0.332 e. The Labute approximate surface area is 115 Å². The Balaban J connectivity index is 2.61. The van der Waals surface area contributed by atoms with Gasteiger partial charge in [0.05, 0.1) is 7.11 Å². The van der Waals surface area contributed by atoms with Gasteiger partial charge in [-0.1, -0.05) is 6.07 Å². The van der Waals surface area contributed by atoms with Crippen LogP contribution in [0.2, 0.25) is 0 Å². The van der Waals surface area contributed by atoms with Gasteiger partial charge in [0.1, 0.15) is 0 Å². The van der Waals surface area contributed by atoms with E-state index >= 15 is 0 Å². The maximum absolute atomic E-state index is 12.6. The predicted octanol–water partition coefficient (Wildman–Crippen LogP) is 1.89. The van der Waals surface area contributed by atoms with Crippen LogP contribution in [0.1, 0.15) is 11.1 Å². The third-order valence-corrected chi connectivity index (χ3v) is 3.65. The van der Waals surface area contributed by atoms with Crippen LogP contribution in [0.15, 0.2) is 30.3 Å². The summed E-state index contributed by atoms with van der Waals surface area (Å²) in [6.07, 6.45) is 0. The summed E-state index contributed by atoms with van der Waals surface area (Å²) < 4.78 is 6.75. The molecule has 0 fully saturated rings. The molecule has 2 aromatic carbocycles. The molecule has 3 rings (SSSR count). The second-order valence-corrected chi connectivity index (χ2v) is 4.84. The first kappa shape index (κ1) is 12.5. The lowest BCUT2D eigenvalue weighted by molar-refractivity contribution is -0.591. The highest BCUT2D eigenvalue weighted by Crippen LogP contribution is 2.23. The number of nitrogens with zero attached hydrogens (tertiary/aromatic N) is 2. The van der Waals surface area contributed by atoms with E-state index in [9.17, 15) is 10.4 Å². The Morgan fingerprint density at radius 2 is 1.50 bits per heavy atom. The lowest BCUT2D eigenvalue weighted by Gasteiger charge is -2.10. The van der Waals surface area contributed by atoms with E-state index in [-0.39, 0.29) is 5.52 Å². The van der Waals surface area contributed by atoms with E-state index in [0.717, 1.165) is 20.6 Å². The van der Waals surface area contributed by atoms with Crippen molar-refractivity contribution in [2.75, 3.05) is 7.11 Å². The number of benzene rings is 2. The average molecular weight is 270 g/mol. The maximum Gasteiger partial charge on any atom is 0.332 e. The van der Waals surface area contributed by atoms with Gasteiger partial charge >= 0.3 is 5.52 Å². The molecule has 102 valence electrons. The minimum absolute atomic E-state index is 0.251. The van der Waals surface area contributed by atoms with E-state index in [4.69, 9.17) is 4.74 Å². The predicted molar refractivity (Wildman–Crippen MR) is 75.4 cm³/mol. The third kappa shape index (κ3) is 1.56. The van der Waals surface area contributed by atoms with Gasteiger partial charge < -0.3 is 15.2 Å². The van der Waals surface area contributed by atoms with E-state index in [2.05, 4.69) is 0 Å². The molecule has 0 saturated heterocycles. The van der Waals surface area contributed by atoms with Gasteiger partial charge in [-0.25, -0.2) is 0 Å². The summed E-state index contributed by atoms with van der Waals surface area (Å²) in [4.78, 5) is 0. The molecule has 1 aromatic heterocycles. The molecule has 0 saturated carbocycles. The Kier molecular flexibility index (Phi) is 2.64. The number of hydrogen-bond donors (Lipinski definition) is 0. The fourth-order valence-electron chi connectivity index (χ4n) is 2.40. The summed E-state index contributed by atoms with van der Waals surface area (Å²) in [5.74, 6) is 0.391.